The van der Waals surface area contributed by atoms with Crippen LogP contribution in [0, 0.1) is 11.3 Å². The van der Waals surface area contributed by atoms with Gasteiger partial charge in [-0.1, -0.05) is 6.08 Å². The Morgan fingerprint density at radius 2 is 2.08 bits per heavy atom. The molecular formula is C10H11N3. The van der Waals surface area contributed by atoms with Gasteiger partial charge < -0.3 is 11.5 Å². The van der Waals surface area contributed by atoms with Gasteiger partial charge in [0.1, 0.15) is 6.07 Å². The fraction of sp³-hybridized carbons (Fsp3) is 0.100. The lowest BCUT2D eigenvalue weighted by Gasteiger charge is -2.05. The van der Waals surface area contributed by atoms with Gasteiger partial charge in [-0.3, -0.25) is 0 Å². The molecule has 0 saturated heterocycles. The Bertz CT molecular complexity index is 374. The van der Waals surface area contributed by atoms with Crippen LogP contribution in [0.1, 0.15) is 11.1 Å². The van der Waals surface area contributed by atoms with Gasteiger partial charge in [-0.2, -0.15) is 5.26 Å². The molecule has 0 radical (unpaired) electrons. The summed E-state index contributed by atoms with van der Waals surface area (Å²) in [6.45, 7) is 3.61. The molecule has 0 aromatic heterocycles. The van der Waals surface area contributed by atoms with E-state index >= 15 is 0 Å². The molecule has 0 aliphatic heterocycles. The van der Waals surface area contributed by atoms with Gasteiger partial charge in [0, 0.05) is 11.4 Å². The monoisotopic (exact) mass is 173 g/mol. The summed E-state index contributed by atoms with van der Waals surface area (Å²) in [5.74, 6) is 0. The minimum Gasteiger partial charge on any atom is -0.398 e. The molecule has 3 heteroatoms. The fourth-order valence-corrected chi connectivity index (χ4v) is 1.11. The molecule has 13 heavy (non-hydrogen) atoms. The Hall–Kier alpha value is -1.95. The molecule has 4 N–H and O–H groups in total. The predicted molar refractivity (Wildman–Crippen MR) is 53.9 cm³/mol. The SMILES string of the molecule is C=CCc1cc(N)c(C#N)cc1N. The van der Waals surface area contributed by atoms with Crippen molar-refractivity contribution >= 4 is 11.4 Å². The topological polar surface area (TPSA) is 75.8 Å². The van der Waals surface area contributed by atoms with Crippen LogP contribution in [0.3, 0.4) is 0 Å². The van der Waals surface area contributed by atoms with Gasteiger partial charge in [0.2, 0.25) is 0 Å². The highest BCUT2D eigenvalue weighted by atomic mass is 14.6. The Morgan fingerprint density at radius 3 is 2.62 bits per heavy atom. The van der Waals surface area contributed by atoms with Crippen LogP contribution in [0.25, 0.3) is 0 Å². The summed E-state index contributed by atoms with van der Waals surface area (Å²) < 4.78 is 0. The van der Waals surface area contributed by atoms with Crippen LogP contribution in [0.4, 0.5) is 11.4 Å². The van der Waals surface area contributed by atoms with E-state index in [2.05, 4.69) is 6.58 Å². The maximum absolute atomic E-state index is 8.66. The number of hydrogen-bond donors (Lipinski definition) is 2. The second kappa shape index (κ2) is 3.63. The first-order chi connectivity index (χ1) is 6.19. The van der Waals surface area contributed by atoms with E-state index in [0.29, 0.717) is 23.4 Å². The Balaban J connectivity index is 3.21. The van der Waals surface area contributed by atoms with Crippen LogP contribution in [0.2, 0.25) is 0 Å². The molecule has 0 unspecified atom stereocenters. The van der Waals surface area contributed by atoms with Crippen LogP contribution in [0.15, 0.2) is 24.8 Å². The average Bonchev–Trinajstić information content (AvgIpc) is 2.11. The van der Waals surface area contributed by atoms with Crippen LogP contribution in [-0.2, 0) is 6.42 Å². The highest BCUT2D eigenvalue weighted by molar-refractivity contribution is 5.64. The summed E-state index contributed by atoms with van der Waals surface area (Å²) in [6.07, 6.45) is 2.42. The minimum atomic E-state index is 0.422. The van der Waals surface area contributed by atoms with Crippen molar-refractivity contribution in [2.75, 3.05) is 11.5 Å². The van der Waals surface area contributed by atoms with Gasteiger partial charge in [-0.25, -0.2) is 0 Å². The molecule has 0 saturated carbocycles. The molecule has 0 aliphatic carbocycles. The first kappa shape index (κ1) is 9.14. The predicted octanol–water partition coefficient (Wildman–Crippen LogP) is 1.45. The summed E-state index contributed by atoms with van der Waals surface area (Å²) in [5, 5.41) is 8.66. The van der Waals surface area contributed by atoms with Crippen LogP contribution in [0.5, 0.6) is 0 Å². The van der Waals surface area contributed by atoms with Crippen molar-refractivity contribution in [2.24, 2.45) is 0 Å². The number of nitrogens with two attached hydrogens (primary N) is 2. The average molecular weight is 173 g/mol. The van der Waals surface area contributed by atoms with Crippen molar-refractivity contribution < 1.29 is 0 Å². The standard InChI is InChI=1S/C10H11N3/c1-2-3-7-4-10(13)8(6-11)5-9(7)12/h2,4-5H,1,3,12-13H2. The van der Waals surface area contributed by atoms with Crippen molar-refractivity contribution in [3.8, 4) is 6.07 Å². The van der Waals surface area contributed by atoms with Crippen molar-refractivity contribution in [3.05, 3.63) is 35.9 Å². The van der Waals surface area contributed by atoms with Gasteiger partial charge in [0.05, 0.1) is 5.56 Å². The first-order valence-electron chi connectivity index (χ1n) is 3.88. The normalized spacial score (nSPS) is 9.15. The minimum absolute atomic E-state index is 0.422. The van der Waals surface area contributed by atoms with Crippen molar-refractivity contribution in [3.63, 3.8) is 0 Å². The van der Waals surface area contributed by atoms with Crippen LogP contribution >= 0.6 is 0 Å². The van der Waals surface area contributed by atoms with Gasteiger partial charge in [-0.15, -0.1) is 6.58 Å². The van der Waals surface area contributed by atoms with E-state index in [1.54, 1.807) is 18.2 Å². The molecule has 66 valence electrons. The third-order valence-electron chi connectivity index (χ3n) is 1.80. The summed E-state index contributed by atoms with van der Waals surface area (Å²) in [6, 6.07) is 5.28. The molecule has 0 heterocycles. The van der Waals surface area contributed by atoms with Gasteiger partial charge >= 0.3 is 0 Å². The number of benzene rings is 1. The van der Waals surface area contributed by atoms with Gasteiger partial charge in [0.25, 0.3) is 0 Å². The Morgan fingerprint density at radius 1 is 1.38 bits per heavy atom. The third kappa shape index (κ3) is 1.79. The molecule has 1 aromatic carbocycles. The van der Waals surface area contributed by atoms with E-state index in [9.17, 15) is 0 Å². The lowest BCUT2D eigenvalue weighted by molar-refractivity contribution is 1.28. The number of hydrogen-bond acceptors (Lipinski definition) is 3. The molecule has 0 amide bonds. The van der Waals surface area contributed by atoms with Crippen LogP contribution in [-0.4, -0.2) is 0 Å². The molecule has 3 nitrogen and oxygen atoms in total. The van der Waals surface area contributed by atoms with Gasteiger partial charge in [-0.05, 0) is 24.1 Å². The zero-order valence-corrected chi connectivity index (χ0v) is 7.25. The van der Waals surface area contributed by atoms with Crippen LogP contribution < -0.4 is 11.5 Å². The van der Waals surface area contributed by atoms with Crippen molar-refractivity contribution in [2.45, 2.75) is 6.42 Å². The zero-order valence-electron chi connectivity index (χ0n) is 7.25. The Labute approximate surface area is 77.3 Å². The number of anilines is 2. The number of nitrogens with zero attached hydrogens (tertiary/aromatic N) is 1. The second-order valence-electron chi connectivity index (χ2n) is 2.74. The number of nitrogen functional groups attached to an aromatic ring is 2. The largest absolute Gasteiger partial charge is 0.398 e. The molecule has 1 aromatic rings. The lowest BCUT2D eigenvalue weighted by atomic mass is 10.1. The molecule has 1 rings (SSSR count). The molecular weight excluding hydrogens is 162 g/mol. The van der Waals surface area contributed by atoms with E-state index in [-0.39, 0.29) is 0 Å². The highest BCUT2D eigenvalue weighted by Crippen LogP contribution is 2.20. The molecule has 0 fully saturated rings. The lowest BCUT2D eigenvalue weighted by Crippen LogP contribution is -1.98. The van der Waals surface area contributed by atoms with E-state index in [1.807, 2.05) is 6.07 Å². The Kier molecular flexibility index (Phi) is 2.56. The van der Waals surface area contributed by atoms with E-state index in [0.717, 1.165) is 5.56 Å². The van der Waals surface area contributed by atoms with Crippen molar-refractivity contribution in [1.82, 2.24) is 0 Å². The quantitative estimate of drug-likeness (QED) is 0.525. The summed E-state index contributed by atoms with van der Waals surface area (Å²) in [7, 11) is 0. The molecule has 0 bridgehead atoms. The smallest absolute Gasteiger partial charge is 0.101 e. The van der Waals surface area contributed by atoms with Gasteiger partial charge in [0.15, 0.2) is 0 Å². The number of nitriles is 1. The number of allylic oxidation sites excluding steroid dienone is 1. The summed E-state index contributed by atoms with van der Waals surface area (Å²) >= 11 is 0. The van der Waals surface area contributed by atoms with E-state index in [1.165, 1.54) is 0 Å². The maximum Gasteiger partial charge on any atom is 0.101 e. The summed E-state index contributed by atoms with van der Waals surface area (Å²) in [4.78, 5) is 0. The highest BCUT2D eigenvalue weighted by Gasteiger charge is 2.03. The maximum atomic E-state index is 8.66. The summed E-state index contributed by atoms with van der Waals surface area (Å²) in [5.41, 5.74) is 13.7. The molecule has 0 spiro atoms. The third-order valence-corrected chi connectivity index (χ3v) is 1.80. The molecule has 0 atom stereocenters. The van der Waals surface area contributed by atoms with E-state index in [4.69, 9.17) is 16.7 Å². The fourth-order valence-electron chi connectivity index (χ4n) is 1.11. The first-order valence-corrected chi connectivity index (χ1v) is 3.88. The second-order valence-corrected chi connectivity index (χ2v) is 2.74. The van der Waals surface area contributed by atoms with E-state index < -0.39 is 0 Å². The zero-order chi connectivity index (χ0) is 9.84. The van der Waals surface area contributed by atoms with Crippen molar-refractivity contribution in [1.29, 1.82) is 5.26 Å². The molecule has 0 aliphatic rings. The number of rotatable bonds is 2.